The number of rotatable bonds is 6. The van der Waals surface area contributed by atoms with Gasteiger partial charge < -0.3 is 19.7 Å². The van der Waals surface area contributed by atoms with Crippen molar-refractivity contribution >= 4 is 0 Å². The van der Waals surface area contributed by atoms with Gasteiger partial charge in [-0.3, -0.25) is 0 Å². The van der Waals surface area contributed by atoms with E-state index in [1.54, 1.807) is 13.2 Å². The van der Waals surface area contributed by atoms with Gasteiger partial charge in [-0.2, -0.15) is 0 Å². The molecule has 0 bridgehead atoms. The molecular formula is C18H24N2O3. The molecule has 1 aromatic heterocycles. The van der Waals surface area contributed by atoms with Crippen LogP contribution in [-0.4, -0.2) is 23.4 Å². The van der Waals surface area contributed by atoms with Gasteiger partial charge in [0.2, 0.25) is 0 Å². The number of benzene rings is 1. The van der Waals surface area contributed by atoms with E-state index in [0.717, 1.165) is 29.9 Å². The van der Waals surface area contributed by atoms with Crippen molar-refractivity contribution in [2.45, 2.75) is 45.2 Å². The zero-order valence-electron chi connectivity index (χ0n) is 13.7. The number of aromatic nitrogens is 1. The largest absolute Gasteiger partial charge is 0.504 e. The third-order valence-corrected chi connectivity index (χ3v) is 4.66. The zero-order chi connectivity index (χ0) is 16.2. The van der Waals surface area contributed by atoms with Gasteiger partial charge in [-0.05, 0) is 31.7 Å². The maximum absolute atomic E-state index is 10.2. The van der Waals surface area contributed by atoms with Crippen LogP contribution in [0, 0.1) is 12.8 Å². The lowest BCUT2D eigenvalue weighted by atomic mass is 9.97. The molecule has 5 nitrogen and oxygen atoms in total. The van der Waals surface area contributed by atoms with Gasteiger partial charge >= 0.3 is 0 Å². The van der Waals surface area contributed by atoms with Crippen molar-refractivity contribution in [3.05, 3.63) is 41.3 Å². The highest BCUT2D eigenvalue weighted by Gasteiger charge is 2.28. The summed E-state index contributed by atoms with van der Waals surface area (Å²) >= 11 is 0. The molecule has 1 fully saturated rings. The van der Waals surface area contributed by atoms with Crippen LogP contribution < -0.4 is 10.1 Å². The highest BCUT2D eigenvalue weighted by atomic mass is 16.5. The molecule has 5 heteroatoms. The molecule has 2 atom stereocenters. The Kier molecular flexibility index (Phi) is 4.86. The predicted molar refractivity (Wildman–Crippen MR) is 87.6 cm³/mol. The molecule has 1 aliphatic carbocycles. The van der Waals surface area contributed by atoms with Crippen molar-refractivity contribution in [2.75, 3.05) is 7.11 Å². The molecule has 0 amide bonds. The molecule has 0 aliphatic heterocycles. The summed E-state index contributed by atoms with van der Waals surface area (Å²) in [5.74, 6) is 2.26. The summed E-state index contributed by atoms with van der Waals surface area (Å²) in [5.41, 5.74) is 1.80. The Morgan fingerprint density at radius 2 is 2.26 bits per heavy atom. The van der Waals surface area contributed by atoms with E-state index in [1.807, 2.05) is 25.1 Å². The van der Waals surface area contributed by atoms with Gasteiger partial charge in [-0.25, -0.2) is 0 Å². The van der Waals surface area contributed by atoms with Crippen LogP contribution in [-0.2, 0) is 13.0 Å². The molecule has 1 saturated carbocycles. The van der Waals surface area contributed by atoms with E-state index in [4.69, 9.17) is 9.26 Å². The average Bonchev–Trinajstić information content (AvgIpc) is 3.16. The van der Waals surface area contributed by atoms with Crippen LogP contribution in [0.3, 0.4) is 0 Å². The van der Waals surface area contributed by atoms with E-state index in [9.17, 15) is 5.11 Å². The van der Waals surface area contributed by atoms with Crippen molar-refractivity contribution in [2.24, 2.45) is 5.92 Å². The van der Waals surface area contributed by atoms with Crippen LogP contribution in [0.15, 0.2) is 28.8 Å². The van der Waals surface area contributed by atoms with E-state index in [-0.39, 0.29) is 5.75 Å². The maximum atomic E-state index is 10.2. The van der Waals surface area contributed by atoms with Crippen molar-refractivity contribution in [1.29, 1.82) is 0 Å². The molecule has 23 heavy (non-hydrogen) atoms. The molecule has 0 radical (unpaired) electrons. The second-order valence-electron chi connectivity index (χ2n) is 6.29. The Hall–Kier alpha value is -2.01. The van der Waals surface area contributed by atoms with Crippen LogP contribution in [0.4, 0.5) is 0 Å². The SMILES string of the molecule is COc1cccc(CN[C@@H]2CCC[C@H]2Cc2cc(C)no2)c1O. The van der Waals surface area contributed by atoms with Crippen LogP contribution in [0.5, 0.6) is 11.5 Å². The average molecular weight is 316 g/mol. The Morgan fingerprint density at radius 3 is 3.00 bits per heavy atom. The smallest absolute Gasteiger partial charge is 0.162 e. The molecule has 3 rings (SSSR count). The normalized spacial score (nSPS) is 20.8. The molecule has 2 aromatic rings. The first-order valence-corrected chi connectivity index (χ1v) is 8.18. The fourth-order valence-electron chi connectivity index (χ4n) is 3.44. The minimum absolute atomic E-state index is 0.225. The lowest BCUT2D eigenvalue weighted by Gasteiger charge is -2.20. The molecule has 1 heterocycles. The number of aryl methyl sites for hydroxylation is 1. The van der Waals surface area contributed by atoms with Gasteiger partial charge in [-0.15, -0.1) is 0 Å². The van der Waals surface area contributed by atoms with Gasteiger partial charge in [-0.1, -0.05) is 23.7 Å². The van der Waals surface area contributed by atoms with Gasteiger partial charge in [0.15, 0.2) is 11.5 Å². The summed E-state index contributed by atoms with van der Waals surface area (Å²) in [7, 11) is 1.57. The summed E-state index contributed by atoms with van der Waals surface area (Å²) in [6, 6.07) is 8.05. The van der Waals surface area contributed by atoms with Crippen molar-refractivity contribution in [3.63, 3.8) is 0 Å². The molecule has 0 saturated heterocycles. The molecule has 1 aromatic carbocycles. The zero-order valence-corrected chi connectivity index (χ0v) is 13.7. The number of nitrogens with zero attached hydrogens (tertiary/aromatic N) is 1. The first-order chi connectivity index (χ1) is 11.2. The lowest BCUT2D eigenvalue weighted by molar-refractivity contribution is 0.327. The summed E-state index contributed by atoms with van der Waals surface area (Å²) < 4.78 is 10.5. The number of hydrogen-bond acceptors (Lipinski definition) is 5. The number of nitrogens with one attached hydrogen (secondary N) is 1. The van der Waals surface area contributed by atoms with Crippen molar-refractivity contribution in [3.8, 4) is 11.5 Å². The minimum Gasteiger partial charge on any atom is -0.504 e. The molecule has 2 N–H and O–H groups in total. The fraction of sp³-hybridized carbons (Fsp3) is 0.500. The Labute approximate surface area is 136 Å². The van der Waals surface area contributed by atoms with Gasteiger partial charge in [0.25, 0.3) is 0 Å². The summed E-state index contributed by atoms with van der Waals surface area (Å²) in [6.07, 6.45) is 4.49. The van der Waals surface area contributed by atoms with E-state index in [1.165, 1.54) is 12.8 Å². The van der Waals surface area contributed by atoms with E-state index < -0.39 is 0 Å². The molecule has 0 spiro atoms. The summed E-state index contributed by atoms with van der Waals surface area (Å²) in [6.45, 7) is 2.59. The number of ether oxygens (including phenoxy) is 1. The van der Waals surface area contributed by atoms with Crippen LogP contribution in [0.1, 0.15) is 36.3 Å². The monoisotopic (exact) mass is 316 g/mol. The number of methoxy groups -OCH3 is 1. The maximum Gasteiger partial charge on any atom is 0.162 e. The standard InChI is InChI=1S/C18H24N2O3/c1-12-9-15(23-20-12)10-13-5-3-7-16(13)19-11-14-6-4-8-17(22-2)18(14)21/h4,6,8-9,13,16,19,21H,3,5,7,10-11H2,1-2H3/t13-,16+/m0/s1. The molecular weight excluding hydrogens is 292 g/mol. The van der Waals surface area contributed by atoms with Gasteiger partial charge in [0.05, 0.1) is 12.8 Å². The number of hydrogen-bond donors (Lipinski definition) is 2. The molecule has 124 valence electrons. The fourth-order valence-corrected chi connectivity index (χ4v) is 3.44. The number of phenols is 1. The molecule has 1 aliphatic rings. The van der Waals surface area contributed by atoms with Crippen molar-refractivity contribution in [1.82, 2.24) is 10.5 Å². The number of para-hydroxylation sites is 1. The third-order valence-electron chi connectivity index (χ3n) is 4.66. The van der Waals surface area contributed by atoms with Gasteiger partial charge in [0.1, 0.15) is 5.76 Å². The van der Waals surface area contributed by atoms with Crippen molar-refractivity contribution < 1.29 is 14.4 Å². The first kappa shape index (κ1) is 15.9. The third kappa shape index (κ3) is 3.67. The number of aromatic hydroxyl groups is 1. The van der Waals surface area contributed by atoms with Gasteiger partial charge in [0, 0.05) is 30.6 Å². The Balaban J connectivity index is 1.61. The topological polar surface area (TPSA) is 67.5 Å². The first-order valence-electron chi connectivity index (χ1n) is 8.18. The van der Waals surface area contributed by atoms with Crippen LogP contribution in [0.2, 0.25) is 0 Å². The Morgan fingerprint density at radius 1 is 1.39 bits per heavy atom. The van der Waals surface area contributed by atoms with Crippen LogP contribution >= 0.6 is 0 Å². The van der Waals surface area contributed by atoms with E-state index in [2.05, 4.69) is 10.5 Å². The number of phenolic OH excluding ortho intramolecular Hbond substituents is 1. The second kappa shape index (κ2) is 7.04. The highest BCUT2D eigenvalue weighted by molar-refractivity contribution is 5.45. The second-order valence-corrected chi connectivity index (χ2v) is 6.29. The molecule has 0 unspecified atom stereocenters. The van der Waals surface area contributed by atoms with Crippen LogP contribution in [0.25, 0.3) is 0 Å². The van der Waals surface area contributed by atoms with E-state index >= 15 is 0 Å². The predicted octanol–water partition coefficient (Wildman–Crippen LogP) is 3.20. The Bertz CT molecular complexity index is 653. The minimum atomic E-state index is 0.225. The summed E-state index contributed by atoms with van der Waals surface area (Å²) in [4.78, 5) is 0. The lowest BCUT2D eigenvalue weighted by Crippen LogP contribution is -2.32. The quantitative estimate of drug-likeness (QED) is 0.856. The van der Waals surface area contributed by atoms with E-state index in [0.29, 0.717) is 24.3 Å². The highest BCUT2D eigenvalue weighted by Crippen LogP contribution is 2.32. The summed E-state index contributed by atoms with van der Waals surface area (Å²) in [5, 5.41) is 17.7.